The maximum atomic E-state index is 11.8. The summed E-state index contributed by atoms with van der Waals surface area (Å²) in [4.78, 5) is 13.9. The predicted octanol–water partition coefficient (Wildman–Crippen LogP) is 1.65. The number of nitrogens with two attached hydrogens (primary N) is 1. The Morgan fingerprint density at radius 2 is 2.20 bits per heavy atom. The first-order valence-electron chi connectivity index (χ1n) is 6.97. The van der Waals surface area contributed by atoms with Gasteiger partial charge in [0.1, 0.15) is 0 Å². The molecule has 0 atom stereocenters. The number of benzene rings is 1. The maximum Gasteiger partial charge on any atom is 0.340 e. The summed E-state index contributed by atoms with van der Waals surface area (Å²) in [6, 6.07) is 5.39. The van der Waals surface area contributed by atoms with Crippen molar-refractivity contribution in [3.05, 3.63) is 23.8 Å². The number of anilines is 2. The van der Waals surface area contributed by atoms with Crippen LogP contribution in [0.3, 0.4) is 0 Å². The van der Waals surface area contributed by atoms with Crippen LogP contribution in [-0.2, 0) is 4.74 Å². The number of nitrogens with zero attached hydrogens (tertiary/aromatic N) is 1. The molecule has 0 aliphatic heterocycles. The first kappa shape index (κ1) is 14.7. The molecular weight excluding hydrogens is 256 g/mol. The van der Waals surface area contributed by atoms with Crippen molar-refractivity contribution in [1.82, 2.24) is 0 Å². The Balaban J connectivity index is 2.07. The fourth-order valence-corrected chi connectivity index (χ4v) is 2.51. The van der Waals surface area contributed by atoms with Crippen molar-refractivity contribution < 1.29 is 14.6 Å². The average Bonchev–Trinajstić information content (AvgIpc) is 2.37. The molecule has 5 nitrogen and oxygen atoms in total. The summed E-state index contributed by atoms with van der Waals surface area (Å²) in [6.45, 7) is 2.97. The monoisotopic (exact) mass is 278 g/mol. The van der Waals surface area contributed by atoms with E-state index in [1.807, 2.05) is 13.1 Å². The zero-order chi connectivity index (χ0) is 14.7. The third-order valence-electron chi connectivity index (χ3n) is 3.72. The molecule has 3 N–H and O–H groups in total. The molecule has 0 spiro atoms. The zero-order valence-electron chi connectivity index (χ0n) is 12.0. The van der Waals surface area contributed by atoms with Crippen molar-refractivity contribution in [3.8, 4) is 0 Å². The fourth-order valence-electron chi connectivity index (χ4n) is 2.51. The molecule has 1 aromatic rings. The summed E-state index contributed by atoms with van der Waals surface area (Å²) in [5.74, 6) is 0.123. The molecule has 0 heterocycles. The number of aliphatic hydroxyl groups is 1. The Bertz CT molecular complexity index is 484. The first-order chi connectivity index (χ1) is 9.51. The minimum absolute atomic E-state index is 0.144. The highest BCUT2D eigenvalue weighted by Crippen LogP contribution is 2.30. The molecule has 0 aromatic heterocycles. The van der Waals surface area contributed by atoms with Crippen molar-refractivity contribution in [2.75, 3.05) is 30.8 Å². The number of aliphatic hydroxyl groups excluding tert-OH is 1. The molecule has 1 saturated carbocycles. The number of hydrogen-bond acceptors (Lipinski definition) is 5. The van der Waals surface area contributed by atoms with Gasteiger partial charge in [-0.25, -0.2) is 4.79 Å². The third kappa shape index (κ3) is 3.22. The van der Waals surface area contributed by atoms with Crippen molar-refractivity contribution in [2.45, 2.75) is 25.9 Å². The zero-order valence-corrected chi connectivity index (χ0v) is 12.0. The molecule has 0 radical (unpaired) electrons. The molecule has 0 saturated heterocycles. The normalized spacial score (nSPS) is 21.1. The first-order valence-corrected chi connectivity index (χ1v) is 6.97. The highest BCUT2D eigenvalue weighted by Gasteiger charge is 2.28. The molecule has 1 fully saturated rings. The van der Waals surface area contributed by atoms with Gasteiger partial charge < -0.3 is 20.5 Å². The van der Waals surface area contributed by atoms with Gasteiger partial charge in [0.2, 0.25) is 0 Å². The largest absolute Gasteiger partial charge is 0.462 e. The van der Waals surface area contributed by atoms with E-state index in [2.05, 4.69) is 4.90 Å². The molecule has 0 bridgehead atoms. The van der Waals surface area contributed by atoms with Gasteiger partial charge in [-0.3, -0.25) is 0 Å². The molecule has 5 heteroatoms. The number of nitrogen functional groups attached to an aromatic ring is 1. The van der Waals surface area contributed by atoms with E-state index in [4.69, 9.17) is 10.5 Å². The standard InChI is InChI=1S/C15H22N2O3/c1-3-20-15(19)13-8-11(4-5-14(13)16)17(2)9-10-6-12(18)7-10/h4-5,8,10,12,18H,3,6-7,9,16H2,1-2H3. The summed E-state index contributed by atoms with van der Waals surface area (Å²) in [5.41, 5.74) is 7.60. The lowest BCUT2D eigenvalue weighted by molar-refractivity contribution is 0.0464. The van der Waals surface area contributed by atoms with Crippen LogP contribution in [0.15, 0.2) is 18.2 Å². The van der Waals surface area contributed by atoms with Crippen LogP contribution in [0, 0.1) is 5.92 Å². The Hall–Kier alpha value is -1.75. The lowest BCUT2D eigenvalue weighted by Gasteiger charge is -2.35. The van der Waals surface area contributed by atoms with E-state index in [9.17, 15) is 9.90 Å². The van der Waals surface area contributed by atoms with Gasteiger partial charge in [0.25, 0.3) is 0 Å². The topological polar surface area (TPSA) is 75.8 Å². The van der Waals surface area contributed by atoms with Crippen LogP contribution < -0.4 is 10.6 Å². The van der Waals surface area contributed by atoms with Crippen LogP contribution in [0.25, 0.3) is 0 Å². The summed E-state index contributed by atoms with van der Waals surface area (Å²) in [7, 11) is 1.98. The van der Waals surface area contributed by atoms with Crippen molar-refractivity contribution >= 4 is 17.3 Å². The van der Waals surface area contributed by atoms with Gasteiger partial charge in [-0.05, 0) is 43.9 Å². The quantitative estimate of drug-likeness (QED) is 0.632. The summed E-state index contributed by atoms with van der Waals surface area (Å²) in [5, 5.41) is 9.32. The fraction of sp³-hybridized carbons (Fsp3) is 0.533. The van der Waals surface area contributed by atoms with Crippen LogP contribution in [0.1, 0.15) is 30.1 Å². The highest BCUT2D eigenvalue weighted by atomic mass is 16.5. The number of rotatable bonds is 5. The lowest BCUT2D eigenvalue weighted by Crippen LogP contribution is -2.37. The molecular formula is C15H22N2O3. The second kappa shape index (κ2) is 6.13. The van der Waals surface area contributed by atoms with Crippen molar-refractivity contribution in [2.24, 2.45) is 5.92 Å². The highest BCUT2D eigenvalue weighted by molar-refractivity contribution is 5.96. The van der Waals surface area contributed by atoms with Gasteiger partial charge in [-0.15, -0.1) is 0 Å². The Morgan fingerprint density at radius 3 is 2.80 bits per heavy atom. The van der Waals surface area contributed by atoms with Crippen LogP contribution in [0.2, 0.25) is 0 Å². The maximum absolute atomic E-state index is 11.8. The van der Waals surface area contributed by atoms with E-state index in [0.29, 0.717) is 23.8 Å². The van der Waals surface area contributed by atoms with Gasteiger partial charge in [-0.1, -0.05) is 0 Å². The van der Waals surface area contributed by atoms with E-state index in [-0.39, 0.29) is 12.1 Å². The van der Waals surface area contributed by atoms with E-state index < -0.39 is 0 Å². The number of ether oxygens (including phenoxy) is 1. The lowest BCUT2D eigenvalue weighted by atomic mass is 9.82. The van der Waals surface area contributed by atoms with E-state index in [1.54, 1.807) is 19.1 Å². The van der Waals surface area contributed by atoms with Crippen LogP contribution >= 0.6 is 0 Å². The minimum atomic E-state index is -0.390. The van der Waals surface area contributed by atoms with Crippen LogP contribution in [-0.4, -0.2) is 37.4 Å². The number of carbonyl (C=O) groups excluding carboxylic acids is 1. The van der Waals surface area contributed by atoms with Crippen LogP contribution in [0.4, 0.5) is 11.4 Å². The molecule has 1 aliphatic rings. The van der Waals surface area contributed by atoms with E-state index >= 15 is 0 Å². The van der Waals surface area contributed by atoms with Gasteiger partial charge in [-0.2, -0.15) is 0 Å². The van der Waals surface area contributed by atoms with Gasteiger partial charge in [0.15, 0.2) is 0 Å². The second-order valence-corrected chi connectivity index (χ2v) is 5.36. The number of hydrogen-bond donors (Lipinski definition) is 2. The van der Waals surface area contributed by atoms with Crippen molar-refractivity contribution in [1.29, 1.82) is 0 Å². The molecule has 0 unspecified atom stereocenters. The minimum Gasteiger partial charge on any atom is -0.462 e. The van der Waals surface area contributed by atoms with Gasteiger partial charge >= 0.3 is 5.97 Å². The molecule has 20 heavy (non-hydrogen) atoms. The third-order valence-corrected chi connectivity index (χ3v) is 3.72. The smallest absolute Gasteiger partial charge is 0.340 e. The van der Waals surface area contributed by atoms with E-state index in [1.165, 1.54) is 0 Å². The average molecular weight is 278 g/mol. The molecule has 0 amide bonds. The summed E-state index contributed by atoms with van der Waals surface area (Å²) in [6.07, 6.45) is 1.56. The Morgan fingerprint density at radius 1 is 1.50 bits per heavy atom. The Labute approximate surface area is 119 Å². The number of carbonyl (C=O) groups is 1. The Kier molecular flexibility index (Phi) is 4.49. The number of esters is 1. The van der Waals surface area contributed by atoms with E-state index in [0.717, 1.165) is 25.1 Å². The molecule has 1 aliphatic carbocycles. The van der Waals surface area contributed by atoms with Gasteiger partial charge in [0.05, 0.1) is 18.3 Å². The predicted molar refractivity (Wildman–Crippen MR) is 78.8 cm³/mol. The molecule has 2 rings (SSSR count). The van der Waals surface area contributed by atoms with Crippen molar-refractivity contribution in [3.63, 3.8) is 0 Å². The molecule has 1 aromatic carbocycles. The summed E-state index contributed by atoms with van der Waals surface area (Å²) >= 11 is 0. The second-order valence-electron chi connectivity index (χ2n) is 5.36. The van der Waals surface area contributed by atoms with Crippen LogP contribution in [0.5, 0.6) is 0 Å². The SMILES string of the molecule is CCOC(=O)c1cc(N(C)CC2CC(O)C2)ccc1N. The molecule has 110 valence electrons. The van der Waals surface area contributed by atoms with Gasteiger partial charge in [0, 0.05) is 25.0 Å². The summed E-state index contributed by atoms with van der Waals surface area (Å²) < 4.78 is 5.00.